The Morgan fingerprint density at radius 3 is 2.40 bits per heavy atom. The molecule has 2 N–H and O–H groups in total. The molecule has 6 nitrogen and oxygen atoms in total. The van der Waals surface area contributed by atoms with Crippen molar-refractivity contribution in [1.82, 2.24) is 10.3 Å². The molecule has 0 spiro atoms. The lowest BCUT2D eigenvalue weighted by Gasteiger charge is -2.12. The van der Waals surface area contributed by atoms with Gasteiger partial charge in [0, 0.05) is 12.7 Å². The molecular weight excluding hydrogens is 418 g/mol. The van der Waals surface area contributed by atoms with Crippen LogP contribution in [0.15, 0.2) is 54.7 Å². The highest BCUT2D eigenvalue weighted by molar-refractivity contribution is 6.30. The number of ether oxygens (including phenoxy) is 1. The number of rotatable bonds is 7. The van der Waals surface area contributed by atoms with Crippen LogP contribution in [0.4, 0.5) is 8.78 Å². The number of carbonyl (C=O) groups is 2. The minimum absolute atomic E-state index is 0.0913. The number of aromatic carboxylic acids is 1. The second-order valence-electron chi connectivity index (χ2n) is 6.17. The Bertz CT molecular complexity index is 1070. The lowest BCUT2D eigenvalue weighted by molar-refractivity contribution is 0.0696. The number of carboxylic acid groups (broad SMARTS) is 1. The number of nitrogens with one attached hydrogen (secondary N) is 1. The molecule has 9 heteroatoms. The molecule has 0 fully saturated rings. The molecule has 30 heavy (non-hydrogen) atoms. The molecule has 0 saturated carbocycles. The van der Waals surface area contributed by atoms with Crippen LogP contribution in [0.2, 0.25) is 5.02 Å². The normalized spacial score (nSPS) is 10.5. The van der Waals surface area contributed by atoms with Crippen LogP contribution in [0.25, 0.3) is 0 Å². The zero-order valence-electron chi connectivity index (χ0n) is 15.4. The summed E-state index contributed by atoms with van der Waals surface area (Å²) in [5, 5.41) is 11.7. The van der Waals surface area contributed by atoms with Crippen molar-refractivity contribution in [3.05, 3.63) is 88.1 Å². The summed E-state index contributed by atoms with van der Waals surface area (Å²) in [6.45, 7) is 0.214. The lowest BCUT2D eigenvalue weighted by Crippen LogP contribution is -2.26. The van der Waals surface area contributed by atoms with E-state index in [1.165, 1.54) is 30.5 Å². The Morgan fingerprint density at radius 1 is 1.10 bits per heavy atom. The molecule has 154 valence electrons. The van der Waals surface area contributed by atoms with Crippen LogP contribution in [0, 0.1) is 11.6 Å². The molecule has 0 bridgehead atoms. The molecule has 0 aliphatic heterocycles. The average molecular weight is 433 g/mol. The van der Waals surface area contributed by atoms with E-state index in [1.54, 1.807) is 12.1 Å². The number of halogens is 3. The van der Waals surface area contributed by atoms with E-state index < -0.39 is 29.3 Å². The highest BCUT2D eigenvalue weighted by Gasteiger charge is 2.19. The summed E-state index contributed by atoms with van der Waals surface area (Å²) in [6, 6.07) is 10.7. The molecule has 3 aromatic rings. The fraction of sp³-hybridized carbons (Fsp3) is 0.0952. The summed E-state index contributed by atoms with van der Waals surface area (Å²) in [4.78, 5) is 27.3. The molecule has 0 aliphatic carbocycles. The van der Waals surface area contributed by atoms with Crippen molar-refractivity contribution in [3.8, 4) is 11.6 Å². The molecule has 2 aromatic carbocycles. The van der Waals surface area contributed by atoms with Crippen LogP contribution >= 0.6 is 11.6 Å². The zero-order valence-corrected chi connectivity index (χ0v) is 16.1. The monoisotopic (exact) mass is 432 g/mol. The van der Waals surface area contributed by atoms with Gasteiger partial charge in [0.15, 0.2) is 11.6 Å². The summed E-state index contributed by atoms with van der Waals surface area (Å²) in [7, 11) is 0. The summed E-state index contributed by atoms with van der Waals surface area (Å²) in [5.74, 6) is -4.49. The Hall–Kier alpha value is -3.52. The van der Waals surface area contributed by atoms with E-state index in [0.717, 1.165) is 17.7 Å². The third kappa shape index (κ3) is 5.09. The van der Waals surface area contributed by atoms with Gasteiger partial charge in [-0.3, -0.25) is 4.79 Å². The summed E-state index contributed by atoms with van der Waals surface area (Å²) < 4.78 is 32.9. The standard InChI is InChI=1S/C21H15ClF2N2O4/c22-14-10-15(20(26-11-14)30-18-16(23)2-1-3-17(18)24)19(27)25-9-8-12-4-6-13(7-5-12)21(28)29/h1-7,10-11H,8-9H2,(H,25,27)(H,28,29). The van der Waals surface area contributed by atoms with Gasteiger partial charge in [0.05, 0.1) is 10.6 Å². The lowest BCUT2D eigenvalue weighted by atomic mass is 10.1. The molecule has 0 unspecified atom stereocenters. The first-order valence-corrected chi connectivity index (χ1v) is 9.11. The first-order valence-electron chi connectivity index (χ1n) is 8.73. The Kier molecular flexibility index (Phi) is 6.58. The molecule has 0 saturated heterocycles. The number of aromatic nitrogens is 1. The first kappa shape index (κ1) is 21.2. The van der Waals surface area contributed by atoms with Crippen molar-refractivity contribution in [2.24, 2.45) is 0 Å². The highest BCUT2D eigenvalue weighted by Crippen LogP contribution is 2.29. The molecule has 0 atom stereocenters. The van der Waals surface area contributed by atoms with Crippen LogP contribution in [0.1, 0.15) is 26.3 Å². The van der Waals surface area contributed by atoms with Gasteiger partial charge in [-0.15, -0.1) is 0 Å². The highest BCUT2D eigenvalue weighted by atomic mass is 35.5. The molecule has 1 aromatic heterocycles. The van der Waals surface area contributed by atoms with E-state index in [2.05, 4.69) is 10.3 Å². The van der Waals surface area contributed by atoms with Gasteiger partial charge >= 0.3 is 5.97 Å². The number of hydrogen-bond acceptors (Lipinski definition) is 4. The number of nitrogens with zero attached hydrogens (tertiary/aromatic N) is 1. The largest absolute Gasteiger partial charge is 0.478 e. The topological polar surface area (TPSA) is 88.5 Å². The SMILES string of the molecule is O=C(O)c1ccc(CCNC(=O)c2cc(Cl)cnc2Oc2c(F)cccc2F)cc1. The van der Waals surface area contributed by atoms with Crippen LogP contribution in [-0.4, -0.2) is 28.5 Å². The van der Waals surface area contributed by atoms with Gasteiger partial charge < -0.3 is 15.2 Å². The fourth-order valence-electron chi connectivity index (χ4n) is 2.58. The molecule has 0 radical (unpaired) electrons. The van der Waals surface area contributed by atoms with Gasteiger partial charge in [-0.25, -0.2) is 18.6 Å². The van der Waals surface area contributed by atoms with E-state index in [4.69, 9.17) is 21.4 Å². The van der Waals surface area contributed by atoms with Crippen LogP contribution < -0.4 is 10.1 Å². The number of hydrogen-bond donors (Lipinski definition) is 2. The fourth-order valence-corrected chi connectivity index (χ4v) is 2.73. The maximum Gasteiger partial charge on any atom is 0.335 e. The first-order chi connectivity index (χ1) is 14.3. The predicted molar refractivity (Wildman–Crippen MR) is 105 cm³/mol. The number of pyridine rings is 1. The number of amides is 1. The van der Waals surface area contributed by atoms with Crippen molar-refractivity contribution >= 4 is 23.5 Å². The quantitative estimate of drug-likeness (QED) is 0.574. The van der Waals surface area contributed by atoms with Crippen LogP contribution in [0.5, 0.6) is 11.6 Å². The van der Waals surface area contributed by atoms with Gasteiger partial charge in [-0.1, -0.05) is 29.8 Å². The minimum Gasteiger partial charge on any atom is -0.478 e. The summed E-state index contributed by atoms with van der Waals surface area (Å²) in [6.07, 6.45) is 1.62. The summed E-state index contributed by atoms with van der Waals surface area (Å²) in [5.41, 5.74) is 0.885. The van der Waals surface area contributed by atoms with Gasteiger partial charge in [-0.2, -0.15) is 0 Å². The maximum absolute atomic E-state index is 13.9. The van der Waals surface area contributed by atoms with E-state index in [0.29, 0.717) is 6.42 Å². The van der Waals surface area contributed by atoms with Gasteiger partial charge in [0.2, 0.25) is 11.6 Å². The molecular formula is C21H15ClF2N2O4. The smallest absolute Gasteiger partial charge is 0.335 e. The number of para-hydroxylation sites is 1. The van der Waals surface area contributed by atoms with Gasteiger partial charge in [0.25, 0.3) is 5.91 Å². The Balaban J connectivity index is 1.71. The maximum atomic E-state index is 13.9. The number of carboxylic acids is 1. The van der Waals surface area contributed by atoms with Crippen molar-refractivity contribution in [1.29, 1.82) is 0 Å². The van der Waals surface area contributed by atoms with Crippen LogP contribution in [-0.2, 0) is 6.42 Å². The second-order valence-corrected chi connectivity index (χ2v) is 6.60. The Morgan fingerprint density at radius 2 is 1.77 bits per heavy atom. The number of carbonyl (C=O) groups excluding carboxylic acids is 1. The van der Waals surface area contributed by atoms with Crippen molar-refractivity contribution < 1.29 is 28.2 Å². The predicted octanol–water partition coefficient (Wildman–Crippen LogP) is 4.48. The molecule has 3 rings (SSSR count). The Labute approximate surface area is 175 Å². The molecule has 1 heterocycles. The molecule has 1 amide bonds. The number of benzene rings is 2. The van der Waals surface area contributed by atoms with E-state index in [1.807, 2.05) is 0 Å². The molecule has 0 aliphatic rings. The summed E-state index contributed by atoms with van der Waals surface area (Å²) >= 11 is 5.90. The van der Waals surface area contributed by atoms with Crippen molar-refractivity contribution in [3.63, 3.8) is 0 Å². The second kappa shape index (κ2) is 9.32. The van der Waals surface area contributed by atoms with Crippen molar-refractivity contribution in [2.75, 3.05) is 6.54 Å². The third-order valence-electron chi connectivity index (χ3n) is 4.08. The van der Waals surface area contributed by atoms with Gasteiger partial charge in [0.1, 0.15) is 5.56 Å². The van der Waals surface area contributed by atoms with Crippen LogP contribution in [0.3, 0.4) is 0 Å². The third-order valence-corrected chi connectivity index (χ3v) is 4.29. The minimum atomic E-state index is -1.03. The van der Waals surface area contributed by atoms with E-state index in [9.17, 15) is 18.4 Å². The zero-order chi connectivity index (χ0) is 21.7. The van der Waals surface area contributed by atoms with E-state index >= 15 is 0 Å². The van der Waals surface area contributed by atoms with E-state index in [-0.39, 0.29) is 28.6 Å². The van der Waals surface area contributed by atoms with Gasteiger partial charge in [-0.05, 0) is 42.3 Å². The average Bonchev–Trinajstić information content (AvgIpc) is 2.72. The van der Waals surface area contributed by atoms with Crippen molar-refractivity contribution in [2.45, 2.75) is 6.42 Å².